The summed E-state index contributed by atoms with van der Waals surface area (Å²) in [5, 5.41) is 4.06. The van der Waals surface area contributed by atoms with E-state index in [1.165, 1.54) is 12.8 Å². The van der Waals surface area contributed by atoms with Crippen molar-refractivity contribution in [3.8, 4) is 11.4 Å². The van der Waals surface area contributed by atoms with Gasteiger partial charge in [-0.3, -0.25) is 9.78 Å². The van der Waals surface area contributed by atoms with Gasteiger partial charge in [-0.25, -0.2) is 4.98 Å². The lowest BCUT2D eigenvalue weighted by atomic mass is 10.0. The third-order valence-corrected chi connectivity index (χ3v) is 5.32. The van der Waals surface area contributed by atoms with Gasteiger partial charge >= 0.3 is 0 Å². The van der Waals surface area contributed by atoms with Crippen LogP contribution in [-0.4, -0.2) is 46.5 Å². The molecule has 1 amide bonds. The summed E-state index contributed by atoms with van der Waals surface area (Å²) in [5.41, 5.74) is 4.05. The van der Waals surface area contributed by atoms with Crippen LogP contribution in [0, 0.1) is 6.92 Å². The van der Waals surface area contributed by atoms with Gasteiger partial charge in [0.25, 0.3) is 5.91 Å². The van der Waals surface area contributed by atoms with Gasteiger partial charge in [0.1, 0.15) is 0 Å². The van der Waals surface area contributed by atoms with E-state index in [1.807, 2.05) is 49.4 Å². The quantitative estimate of drug-likeness (QED) is 0.738. The van der Waals surface area contributed by atoms with E-state index in [0.717, 1.165) is 47.5 Å². The highest BCUT2D eigenvalue weighted by molar-refractivity contribution is 6.07. The van der Waals surface area contributed by atoms with Gasteiger partial charge in [-0.2, -0.15) is 0 Å². The first-order chi connectivity index (χ1) is 13.6. The van der Waals surface area contributed by atoms with Crippen LogP contribution in [0.5, 0.6) is 0 Å². The molecule has 1 aromatic carbocycles. The Kier molecular flexibility index (Phi) is 5.35. The Balaban J connectivity index is 1.68. The number of benzene rings is 1. The molecule has 0 spiro atoms. The molecule has 5 nitrogen and oxygen atoms in total. The second kappa shape index (κ2) is 8.07. The van der Waals surface area contributed by atoms with Crippen molar-refractivity contribution < 1.29 is 4.79 Å². The van der Waals surface area contributed by atoms with Gasteiger partial charge < -0.3 is 10.2 Å². The van der Waals surface area contributed by atoms with Crippen LogP contribution in [0.4, 0.5) is 0 Å². The van der Waals surface area contributed by atoms with Gasteiger partial charge in [0.05, 0.1) is 22.5 Å². The Hall–Kier alpha value is -2.79. The molecule has 0 bridgehead atoms. The minimum absolute atomic E-state index is 0.0538. The number of fused-ring (bicyclic) bond motifs is 1. The molecule has 1 atom stereocenters. The Labute approximate surface area is 165 Å². The molecule has 1 aliphatic heterocycles. The van der Waals surface area contributed by atoms with E-state index in [-0.39, 0.29) is 11.9 Å². The van der Waals surface area contributed by atoms with E-state index < -0.39 is 0 Å². The number of rotatable bonds is 5. The van der Waals surface area contributed by atoms with Crippen LogP contribution >= 0.6 is 0 Å². The summed E-state index contributed by atoms with van der Waals surface area (Å²) >= 11 is 0. The third kappa shape index (κ3) is 3.90. The fraction of sp³-hybridized carbons (Fsp3) is 0.348. The monoisotopic (exact) mass is 374 g/mol. The van der Waals surface area contributed by atoms with Crippen molar-refractivity contribution in [1.82, 2.24) is 20.2 Å². The van der Waals surface area contributed by atoms with Crippen molar-refractivity contribution in [2.24, 2.45) is 0 Å². The zero-order chi connectivity index (χ0) is 19.5. The molecule has 28 heavy (non-hydrogen) atoms. The maximum atomic E-state index is 13.2. The zero-order valence-electron chi connectivity index (χ0n) is 16.5. The first-order valence-electron chi connectivity index (χ1n) is 9.97. The maximum absolute atomic E-state index is 13.2. The van der Waals surface area contributed by atoms with Gasteiger partial charge in [-0.05, 0) is 63.5 Å². The first-order valence-corrected chi connectivity index (χ1v) is 9.97. The fourth-order valence-corrected chi connectivity index (χ4v) is 3.92. The summed E-state index contributed by atoms with van der Waals surface area (Å²) < 4.78 is 0. The Morgan fingerprint density at radius 3 is 2.71 bits per heavy atom. The number of likely N-dealkylation sites (tertiary alicyclic amines) is 1. The fourth-order valence-electron chi connectivity index (χ4n) is 3.92. The highest BCUT2D eigenvalue weighted by Crippen LogP contribution is 2.26. The molecule has 3 aromatic rings. The number of pyridine rings is 2. The number of hydrogen-bond acceptors (Lipinski definition) is 4. The van der Waals surface area contributed by atoms with Crippen molar-refractivity contribution in [2.75, 3.05) is 19.6 Å². The van der Waals surface area contributed by atoms with E-state index in [0.29, 0.717) is 5.56 Å². The van der Waals surface area contributed by atoms with Gasteiger partial charge in [0, 0.05) is 24.2 Å². The number of para-hydroxylation sites is 1. The van der Waals surface area contributed by atoms with E-state index >= 15 is 0 Å². The molecular weight excluding hydrogens is 348 g/mol. The summed E-state index contributed by atoms with van der Waals surface area (Å²) in [5.74, 6) is -0.0538. The third-order valence-electron chi connectivity index (χ3n) is 5.32. The number of carbonyl (C=O) groups is 1. The number of amides is 1. The lowest BCUT2D eigenvalue weighted by Crippen LogP contribution is -2.41. The highest BCUT2D eigenvalue weighted by Gasteiger charge is 2.19. The average Bonchev–Trinajstić information content (AvgIpc) is 3.21. The lowest BCUT2D eigenvalue weighted by Gasteiger charge is -2.21. The number of nitrogens with one attached hydrogen (secondary N) is 1. The predicted octanol–water partition coefficient (Wildman–Crippen LogP) is 3.82. The first kappa shape index (κ1) is 18.6. The number of aryl methyl sites for hydroxylation is 1. The summed E-state index contributed by atoms with van der Waals surface area (Å²) in [4.78, 5) is 24.8. The summed E-state index contributed by atoms with van der Waals surface area (Å²) in [6.45, 7) is 7.24. The predicted molar refractivity (Wildman–Crippen MR) is 112 cm³/mol. The maximum Gasteiger partial charge on any atom is 0.252 e. The second-order valence-electron chi connectivity index (χ2n) is 7.62. The lowest BCUT2D eigenvalue weighted by molar-refractivity contribution is 0.0933. The topological polar surface area (TPSA) is 58.1 Å². The molecule has 0 radical (unpaired) electrons. The minimum atomic E-state index is -0.0538. The molecule has 5 heteroatoms. The van der Waals surface area contributed by atoms with Gasteiger partial charge in [0.2, 0.25) is 0 Å². The smallest absolute Gasteiger partial charge is 0.252 e. The van der Waals surface area contributed by atoms with E-state index in [2.05, 4.69) is 22.1 Å². The minimum Gasteiger partial charge on any atom is -0.348 e. The molecule has 0 unspecified atom stereocenters. The van der Waals surface area contributed by atoms with Crippen molar-refractivity contribution in [1.29, 1.82) is 0 Å². The Morgan fingerprint density at radius 1 is 1.14 bits per heavy atom. The molecule has 144 valence electrons. The van der Waals surface area contributed by atoms with Crippen molar-refractivity contribution in [3.05, 3.63) is 59.8 Å². The highest BCUT2D eigenvalue weighted by atomic mass is 16.1. The number of aromatic nitrogens is 2. The van der Waals surface area contributed by atoms with Crippen LogP contribution in [0.25, 0.3) is 22.3 Å². The largest absolute Gasteiger partial charge is 0.348 e. The van der Waals surface area contributed by atoms with Gasteiger partial charge in [-0.15, -0.1) is 0 Å². The van der Waals surface area contributed by atoms with Crippen LogP contribution in [0.15, 0.2) is 48.7 Å². The molecule has 0 saturated carbocycles. The summed E-state index contributed by atoms with van der Waals surface area (Å²) in [6, 6.07) is 13.7. The van der Waals surface area contributed by atoms with E-state index in [4.69, 9.17) is 4.98 Å². The molecule has 0 aliphatic carbocycles. The van der Waals surface area contributed by atoms with Crippen molar-refractivity contribution in [2.45, 2.75) is 32.7 Å². The van der Waals surface area contributed by atoms with E-state index in [9.17, 15) is 4.79 Å². The van der Waals surface area contributed by atoms with E-state index in [1.54, 1.807) is 6.20 Å². The van der Waals surface area contributed by atoms with Crippen LogP contribution in [0.2, 0.25) is 0 Å². The van der Waals surface area contributed by atoms with Gasteiger partial charge in [-0.1, -0.05) is 24.3 Å². The second-order valence-corrected chi connectivity index (χ2v) is 7.62. The normalized spacial score (nSPS) is 15.6. The van der Waals surface area contributed by atoms with Crippen LogP contribution in [0.1, 0.15) is 35.7 Å². The summed E-state index contributed by atoms with van der Waals surface area (Å²) in [7, 11) is 0. The number of hydrogen-bond donors (Lipinski definition) is 1. The molecule has 1 saturated heterocycles. The number of carbonyl (C=O) groups excluding carboxylic acids is 1. The number of nitrogens with zero attached hydrogens (tertiary/aromatic N) is 3. The van der Waals surface area contributed by atoms with Gasteiger partial charge in [0.15, 0.2) is 0 Å². The Bertz CT molecular complexity index is 981. The van der Waals surface area contributed by atoms with Crippen molar-refractivity contribution >= 4 is 16.8 Å². The van der Waals surface area contributed by atoms with Crippen molar-refractivity contribution in [3.63, 3.8) is 0 Å². The molecule has 3 heterocycles. The molecule has 1 N–H and O–H groups in total. The molecule has 1 fully saturated rings. The Morgan fingerprint density at radius 2 is 1.96 bits per heavy atom. The SMILES string of the molecule is Cc1cccc2c(C(=O)N[C@H](C)CN3CCCC3)cc(-c3ccccn3)nc12. The zero-order valence-corrected chi connectivity index (χ0v) is 16.5. The standard InChI is InChI=1S/C23H26N4O/c1-16-8-7-9-18-19(23(28)25-17(2)15-27-12-5-6-13-27)14-21(26-22(16)18)20-10-3-4-11-24-20/h3-4,7-11,14,17H,5-6,12-13,15H2,1-2H3,(H,25,28)/t17-/m1/s1. The molecule has 4 rings (SSSR count). The molecular formula is C23H26N4O. The van der Waals surface area contributed by atoms with Crippen LogP contribution in [0.3, 0.4) is 0 Å². The molecule has 2 aromatic heterocycles. The van der Waals surface area contributed by atoms with Crippen LogP contribution in [-0.2, 0) is 0 Å². The summed E-state index contributed by atoms with van der Waals surface area (Å²) in [6.07, 6.45) is 4.25. The van der Waals surface area contributed by atoms with Crippen LogP contribution < -0.4 is 5.32 Å². The molecule has 1 aliphatic rings. The average molecular weight is 374 g/mol.